The molecule has 0 fully saturated rings. The van der Waals surface area contributed by atoms with Crippen molar-refractivity contribution >= 4 is 68.3 Å². The van der Waals surface area contributed by atoms with Crippen molar-refractivity contribution in [2.75, 3.05) is 6.61 Å². The minimum atomic E-state index is -0.564. The van der Waals surface area contributed by atoms with Crippen LogP contribution in [0.3, 0.4) is 0 Å². The summed E-state index contributed by atoms with van der Waals surface area (Å²) in [5.41, 5.74) is 7.09. The lowest BCUT2D eigenvalue weighted by Gasteiger charge is -2.11. The Morgan fingerprint density at radius 1 is 0.875 bits per heavy atom. The number of carbonyl (C=O) groups excluding carboxylic acids is 4. The maximum absolute atomic E-state index is 13.4. The van der Waals surface area contributed by atoms with Gasteiger partial charge < -0.3 is 19.0 Å². The molecule has 1 atom stereocenters. The Morgan fingerprint density at radius 2 is 1.60 bits per heavy atom. The van der Waals surface area contributed by atoms with Crippen molar-refractivity contribution in [2.45, 2.75) is 47.0 Å². The molecule has 3 aromatic carbocycles. The van der Waals surface area contributed by atoms with Crippen LogP contribution in [-0.2, 0) is 35.2 Å². The molecule has 2 heterocycles. The fourth-order valence-electron chi connectivity index (χ4n) is 6.05. The number of hydrogen-bond donors (Lipinski definition) is 0. The Morgan fingerprint density at radius 3 is 2.29 bits per heavy atom. The number of ether oxygens (including phenoxy) is 1. The number of benzene rings is 3. The largest absolute Gasteiger partial charge is 0.466 e. The van der Waals surface area contributed by atoms with Gasteiger partial charge in [0, 0.05) is 53.8 Å². The normalized spacial score (nSPS) is 15.1. The molecule has 1 aliphatic carbocycles. The van der Waals surface area contributed by atoms with Crippen LogP contribution >= 0.6 is 11.3 Å². The SMILES string of the molecule is CCOC(=O)CCC(=NOC(C)=O)c1ccc(-n2c3ccc(C(=O)c4cccs4)cc3c3cc4c(cc32)CC(C)/C4=N\OC(C)=O)cc1. The van der Waals surface area contributed by atoms with Gasteiger partial charge in [0.1, 0.15) is 0 Å². The molecular weight excluding hydrogens is 630 g/mol. The second-order valence-electron chi connectivity index (χ2n) is 11.5. The minimum absolute atomic E-state index is 0.0466. The molecule has 2 aromatic heterocycles. The standard InChI is InChI=1S/C37H33N3O7S/c1-5-45-35(43)15-13-31(38-46-22(3)41)24-8-11-27(12-9-24)40-32-14-10-25(37(44)34-7-6-16-48-34)18-29(32)30-20-28-26(19-33(30)40)17-21(2)36(28)39-47-23(4)42/h6-12,14,16,18-21H,5,13,15,17H2,1-4H3/b38-31?,39-36+. The number of ketones is 1. The third-order valence-corrected chi connectivity index (χ3v) is 9.02. The highest BCUT2D eigenvalue weighted by Gasteiger charge is 2.29. The molecule has 0 N–H and O–H groups in total. The van der Waals surface area contributed by atoms with E-state index in [-0.39, 0.29) is 37.1 Å². The summed E-state index contributed by atoms with van der Waals surface area (Å²) in [7, 11) is 0. The van der Waals surface area contributed by atoms with E-state index in [1.807, 2.05) is 66.9 Å². The number of oxime groups is 2. The number of carbonyl (C=O) groups is 4. The van der Waals surface area contributed by atoms with Crippen LogP contribution in [0.4, 0.5) is 0 Å². The van der Waals surface area contributed by atoms with E-state index in [0.717, 1.165) is 45.0 Å². The van der Waals surface area contributed by atoms with E-state index < -0.39 is 11.9 Å². The van der Waals surface area contributed by atoms with Crippen molar-refractivity contribution in [3.63, 3.8) is 0 Å². The van der Waals surface area contributed by atoms with Gasteiger partial charge >= 0.3 is 17.9 Å². The van der Waals surface area contributed by atoms with E-state index in [0.29, 0.717) is 27.4 Å². The molecule has 0 bridgehead atoms. The summed E-state index contributed by atoms with van der Waals surface area (Å²) in [4.78, 5) is 59.2. The number of thiophene rings is 1. The van der Waals surface area contributed by atoms with Crippen molar-refractivity contribution in [1.29, 1.82) is 0 Å². The Hall–Kier alpha value is -5.42. The van der Waals surface area contributed by atoms with Crippen molar-refractivity contribution < 1.29 is 33.6 Å². The first-order valence-corrected chi connectivity index (χ1v) is 16.5. The van der Waals surface area contributed by atoms with E-state index in [2.05, 4.69) is 27.0 Å². The molecule has 0 saturated heterocycles. The first-order valence-electron chi connectivity index (χ1n) is 15.6. The zero-order valence-electron chi connectivity index (χ0n) is 26.9. The maximum Gasteiger partial charge on any atom is 0.331 e. The van der Waals surface area contributed by atoms with E-state index in [1.165, 1.54) is 25.2 Å². The number of nitrogens with zero attached hydrogens (tertiary/aromatic N) is 3. The van der Waals surface area contributed by atoms with Gasteiger partial charge in [-0.05, 0) is 78.4 Å². The van der Waals surface area contributed by atoms with Crippen molar-refractivity contribution in [3.05, 3.63) is 99.2 Å². The van der Waals surface area contributed by atoms with Gasteiger partial charge in [0.25, 0.3) is 0 Å². The first kappa shape index (κ1) is 32.5. The predicted octanol–water partition coefficient (Wildman–Crippen LogP) is 7.15. The minimum Gasteiger partial charge on any atom is -0.466 e. The maximum atomic E-state index is 13.4. The lowest BCUT2D eigenvalue weighted by molar-refractivity contribution is -0.143. The summed E-state index contributed by atoms with van der Waals surface area (Å²) in [6.07, 6.45) is 1.04. The number of rotatable bonds is 10. The van der Waals surface area contributed by atoms with Gasteiger partial charge in [0.05, 0.1) is 40.4 Å². The molecule has 0 aliphatic heterocycles. The van der Waals surface area contributed by atoms with Gasteiger partial charge in [0.2, 0.25) is 5.78 Å². The zero-order chi connectivity index (χ0) is 33.9. The molecule has 1 aliphatic rings. The van der Waals surface area contributed by atoms with Gasteiger partial charge in [-0.2, -0.15) is 0 Å². The number of esters is 1. The molecule has 10 nitrogen and oxygen atoms in total. The van der Waals surface area contributed by atoms with Gasteiger partial charge in [-0.3, -0.25) is 9.59 Å². The van der Waals surface area contributed by atoms with Gasteiger partial charge in [-0.1, -0.05) is 35.4 Å². The highest BCUT2D eigenvalue weighted by atomic mass is 32.1. The molecular formula is C37H33N3O7S. The molecule has 0 amide bonds. The first-order chi connectivity index (χ1) is 23.1. The summed E-state index contributed by atoms with van der Waals surface area (Å²) < 4.78 is 7.20. The molecule has 48 heavy (non-hydrogen) atoms. The van der Waals surface area contributed by atoms with E-state index in [4.69, 9.17) is 14.4 Å². The van der Waals surface area contributed by atoms with Gasteiger partial charge in [0.15, 0.2) is 0 Å². The Bertz CT molecular complexity index is 2130. The summed E-state index contributed by atoms with van der Waals surface area (Å²) in [5, 5.41) is 11.9. The fraction of sp³-hybridized carbons (Fsp3) is 0.243. The van der Waals surface area contributed by atoms with Crippen molar-refractivity contribution in [2.24, 2.45) is 16.2 Å². The zero-order valence-corrected chi connectivity index (χ0v) is 27.8. The lowest BCUT2D eigenvalue weighted by Crippen LogP contribution is -2.10. The summed E-state index contributed by atoms with van der Waals surface area (Å²) in [5.74, 6) is -1.42. The van der Waals surface area contributed by atoms with Crippen LogP contribution in [0.2, 0.25) is 0 Å². The third kappa shape index (κ3) is 6.54. The molecule has 11 heteroatoms. The van der Waals surface area contributed by atoms with E-state index >= 15 is 0 Å². The fourth-order valence-corrected chi connectivity index (χ4v) is 6.73. The number of aromatic nitrogens is 1. The Kier molecular flexibility index (Phi) is 9.31. The number of fused-ring (bicyclic) bond motifs is 4. The van der Waals surface area contributed by atoms with Gasteiger partial charge in [-0.25, -0.2) is 9.59 Å². The lowest BCUT2D eigenvalue weighted by atomic mass is 10.0. The summed E-state index contributed by atoms with van der Waals surface area (Å²) >= 11 is 1.40. The van der Waals surface area contributed by atoms with Crippen LogP contribution in [0, 0.1) is 5.92 Å². The second kappa shape index (κ2) is 13.7. The molecule has 0 radical (unpaired) electrons. The van der Waals surface area contributed by atoms with Gasteiger partial charge in [-0.15, -0.1) is 11.3 Å². The van der Waals surface area contributed by atoms with Crippen LogP contribution in [0.25, 0.3) is 27.5 Å². The molecule has 5 aromatic rings. The molecule has 244 valence electrons. The molecule has 6 rings (SSSR count). The second-order valence-corrected chi connectivity index (χ2v) is 12.5. The third-order valence-electron chi connectivity index (χ3n) is 8.15. The van der Waals surface area contributed by atoms with Crippen LogP contribution in [-0.4, -0.2) is 46.3 Å². The average Bonchev–Trinajstić information content (AvgIpc) is 3.78. The summed E-state index contributed by atoms with van der Waals surface area (Å²) in [6.45, 7) is 6.65. The highest BCUT2D eigenvalue weighted by Crippen LogP contribution is 2.38. The van der Waals surface area contributed by atoms with Crippen molar-refractivity contribution in [3.8, 4) is 5.69 Å². The Balaban J connectivity index is 1.48. The van der Waals surface area contributed by atoms with E-state index in [9.17, 15) is 19.2 Å². The molecule has 1 unspecified atom stereocenters. The molecule has 0 spiro atoms. The van der Waals surface area contributed by atoms with Crippen molar-refractivity contribution in [1.82, 2.24) is 4.57 Å². The highest BCUT2D eigenvalue weighted by molar-refractivity contribution is 7.12. The Labute approximate surface area is 280 Å². The smallest absolute Gasteiger partial charge is 0.331 e. The van der Waals surface area contributed by atoms with Crippen LogP contribution < -0.4 is 0 Å². The van der Waals surface area contributed by atoms with E-state index in [1.54, 1.807) is 6.92 Å². The van der Waals surface area contributed by atoms with Crippen LogP contribution in [0.5, 0.6) is 0 Å². The topological polar surface area (TPSA) is 126 Å². The predicted molar refractivity (Wildman–Crippen MR) is 184 cm³/mol. The average molecular weight is 664 g/mol. The van der Waals surface area contributed by atoms with Crippen LogP contribution in [0.15, 0.2) is 82.4 Å². The number of hydrogen-bond acceptors (Lipinski definition) is 10. The monoisotopic (exact) mass is 663 g/mol. The quantitative estimate of drug-likeness (QED) is 0.0511. The molecule has 0 saturated carbocycles. The summed E-state index contributed by atoms with van der Waals surface area (Å²) in [6, 6.07) is 21.2. The van der Waals surface area contributed by atoms with Crippen LogP contribution in [0.1, 0.15) is 72.5 Å².